The number of aliphatic imine (C=N–C) groups is 1. The van der Waals surface area contributed by atoms with Crippen molar-refractivity contribution in [3.8, 4) is 0 Å². The molecular formula is C19H21NO2. The summed E-state index contributed by atoms with van der Waals surface area (Å²) in [4.78, 5) is 4.43. The highest BCUT2D eigenvalue weighted by molar-refractivity contribution is 6.13. The van der Waals surface area contributed by atoms with E-state index in [-0.39, 0.29) is 5.95 Å². The predicted molar refractivity (Wildman–Crippen MR) is 90.1 cm³/mol. The molecule has 3 nitrogen and oxygen atoms in total. The van der Waals surface area contributed by atoms with E-state index in [4.69, 9.17) is 4.74 Å². The summed E-state index contributed by atoms with van der Waals surface area (Å²) in [6, 6.07) is 19.7. The van der Waals surface area contributed by atoms with Crippen molar-refractivity contribution in [2.45, 2.75) is 26.4 Å². The maximum absolute atomic E-state index is 9.86. The van der Waals surface area contributed by atoms with Crippen molar-refractivity contribution in [2.75, 3.05) is 0 Å². The second kappa shape index (κ2) is 6.94. The van der Waals surface area contributed by atoms with Crippen molar-refractivity contribution in [1.29, 1.82) is 0 Å². The number of ether oxygens (including phenoxy) is 1. The quantitative estimate of drug-likeness (QED) is 0.656. The van der Waals surface area contributed by atoms with Gasteiger partial charge in [-0.05, 0) is 20.8 Å². The first-order valence-corrected chi connectivity index (χ1v) is 7.22. The summed E-state index contributed by atoms with van der Waals surface area (Å²) in [5.74, 6) is -0.197. The van der Waals surface area contributed by atoms with Crippen LogP contribution in [0.25, 0.3) is 0 Å². The van der Waals surface area contributed by atoms with Crippen molar-refractivity contribution < 1.29 is 9.84 Å². The fourth-order valence-corrected chi connectivity index (χ4v) is 1.97. The van der Waals surface area contributed by atoms with Gasteiger partial charge in [0, 0.05) is 11.1 Å². The summed E-state index contributed by atoms with van der Waals surface area (Å²) in [7, 11) is 0. The standard InChI is InChI=1S/C19H21NO2/c1-19(2,3)22-17(21)14-20-18(15-10-6-4-7-11-15)16-12-8-5-9-13-16/h4-14,21H,1-3H3/b17-14+. The van der Waals surface area contributed by atoms with Crippen molar-refractivity contribution in [1.82, 2.24) is 0 Å². The van der Waals surface area contributed by atoms with Crippen molar-refractivity contribution in [2.24, 2.45) is 4.99 Å². The Labute approximate surface area is 131 Å². The first kappa shape index (κ1) is 15.8. The summed E-state index contributed by atoms with van der Waals surface area (Å²) in [6.45, 7) is 5.61. The molecule has 2 aromatic carbocycles. The topological polar surface area (TPSA) is 41.8 Å². The molecule has 0 fully saturated rings. The molecule has 0 spiro atoms. The molecule has 0 atom stereocenters. The molecule has 0 heterocycles. The van der Waals surface area contributed by atoms with Crippen LogP contribution in [0.3, 0.4) is 0 Å². The lowest BCUT2D eigenvalue weighted by Crippen LogP contribution is -2.18. The van der Waals surface area contributed by atoms with Crippen molar-refractivity contribution in [3.05, 3.63) is 83.9 Å². The summed E-state index contributed by atoms with van der Waals surface area (Å²) in [6.07, 6.45) is 1.35. The third-order valence-corrected chi connectivity index (χ3v) is 2.81. The van der Waals surface area contributed by atoms with Crippen molar-refractivity contribution >= 4 is 5.71 Å². The molecule has 22 heavy (non-hydrogen) atoms. The summed E-state index contributed by atoms with van der Waals surface area (Å²) < 4.78 is 5.37. The molecule has 0 aliphatic carbocycles. The van der Waals surface area contributed by atoms with Crippen LogP contribution in [0.2, 0.25) is 0 Å². The lowest BCUT2D eigenvalue weighted by atomic mass is 10.0. The van der Waals surface area contributed by atoms with E-state index in [1.54, 1.807) is 0 Å². The average molecular weight is 295 g/mol. The fourth-order valence-electron chi connectivity index (χ4n) is 1.97. The van der Waals surface area contributed by atoms with Gasteiger partial charge in [0.25, 0.3) is 5.95 Å². The minimum absolute atomic E-state index is 0.197. The van der Waals surface area contributed by atoms with E-state index < -0.39 is 5.60 Å². The van der Waals surface area contributed by atoms with Crippen LogP contribution in [0.1, 0.15) is 31.9 Å². The monoisotopic (exact) mass is 295 g/mol. The van der Waals surface area contributed by atoms with Gasteiger partial charge in [-0.15, -0.1) is 0 Å². The molecule has 2 aromatic rings. The third kappa shape index (κ3) is 4.77. The zero-order valence-electron chi connectivity index (χ0n) is 13.2. The molecule has 0 aliphatic heterocycles. The van der Waals surface area contributed by atoms with E-state index >= 15 is 0 Å². The summed E-state index contributed by atoms with van der Waals surface area (Å²) >= 11 is 0. The molecule has 2 rings (SSSR count). The highest BCUT2D eigenvalue weighted by atomic mass is 16.6. The van der Waals surface area contributed by atoms with Crippen molar-refractivity contribution in [3.63, 3.8) is 0 Å². The summed E-state index contributed by atoms with van der Waals surface area (Å²) in [5.41, 5.74) is 2.28. The number of rotatable bonds is 4. The van der Waals surface area contributed by atoms with Gasteiger partial charge in [0.2, 0.25) is 0 Å². The highest BCUT2D eigenvalue weighted by Gasteiger charge is 2.13. The van der Waals surface area contributed by atoms with Crippen LogP contribution in [-0.4, -0.2) is 16.4 Å². The Bertz CT molecular complexity index is 611. The van der Waals surface area contributed by atoms with Crippen LogP contribution in [0.4, 0.5) is 0 Å². The second-order valence-corrected chi connectivity index (χ2v) is 5.89. The Morgan fingerprint density at radius 2 is 1.36 bits per heavy atom. The molecule has 0 saturated carbocycles. The number of nitrogens with zero attached hydrogens (tertiary/aromatic N) is 1. The fraction of sp³-hybridized carbons (Fsp3) is 0.211. The number of hydrogen-bond acceptors (Lipinski definition) is 3. The van der Waals surface area contributed by atoms with Gasteiger partial charge in [0.15, 0.2) is 0 Å². The minimum atomic E-state index is -0.463. The van der Waals surface area contributed by atoms with E-state index in [1.807, 2.05) is 81.4 Å². The first-order chi connectivity index (χ1) is 10.5. The summed E-state index contributed by atoms with van der Waals surface area (Å²) in [5, 5.41) is 9.86. The van der Waals surface area contributed by atoms with Gasteiger partial charge in [-0.1, -0.05) is 60.7 Å². The normalized spacial score (nSPS) is 11.9. The average Bonchev–Trinajstić information content (AvgIpc) is 2.48. The number of aliphatic hydroxyl groups excluding tert-OH is 1. The van der Waals surface area contributed by atoms with E-state index in [9.17, 15) is 5.11 Å². The highest BCUT2D eigenvalue weighted by Crippen LogP contribution is 2.14. The molecular weight excluding hydrogens is 274 g/mol. The molecule has 0 radical (unpaired) electrons. The maximum Gasteiger partial charge on any atom is 0.296 e. The van der Waals surface area contributed by atoms with Crippen LogP contribution in [-0.2, 0) is 4.74 Å². The van der Waals surface area contributed by atoms with Gasteiger partial charge in [-0.25, -0.2) is 4.99 Å². The van der Waals surface area contributed by atoms with Crippen LogP contribution < -0.4 is 0 Å². The maximum atomic E-state index is 9.86. The first-order valence-electron chi connectivity index (χ1n) is 7.22. The smallest absolute Gasteiger partial charge is 0.296 e. The molecule has 0 amide bonds. The molecule has 3 heteroatoms. The second-order valence-electron chi connectivity index (χ2n) is 5.89. The Kier molecular flexibility index (Phi) is 4.99. The Hall–Kier alpha value is -2.55. The molecule has 0 aromatic heterocycles. The Balaban J connectivity index is 2.38. The molecule has 0 saturated heterocycles. The Morgan fingerprint density at radius 3 is 1.77 bits per heavy atom. The van der Waals surface area contributed by atoms with Crippen LogP contribution in [0.15, 0.2) is 77.8 Å². The zero-order valence-corrected chi connectivity index (χ0v) is 13.2. The minimum Gasteiger partial charge on any atom is -0.480 e. The van der Waals surface area contributed by atoms with E-state index in [0.29, 0.717) is 0 Å². The van der Waals surface area contributed by atoms with Crippen LogP contribution in [0, 0.1) is 0 Å². The van der Waals surface area contributed by atoms with Gasteiger partial charge in [-0.2, -0.15) is 0 Å². The molecule has 0 bridgehead atoms. The van der Waals surface area contributed by atoms with E-state index in [0.717, 1.165) is 16.8 Å². The van der Waals surface area contributed by atoms with Gasteiger partial charge >= 0.3 is 0 Å². The van der Waals surface area contributed by atoms with E-state index in [1.165, 1.54) is 6.20 Å². The van der Waals surface area contributed by atoms with Gasteiger partial charge in [-0.3, -0.25) is 0 Å². The Morgan fingerprint density at radius 1 is 0.909 bits per heavy atom. The van der Waals surface area contributed by atoms with Crippen LogP contribution in [0.5, 0.6) is 0 Å². The van der Waals surface area contributed by atoms with E-state index in [2.05, 4.69) is 4.99 Å². The van der Waals surface area contributed by atoms with Crippen LogP contribution >= 0.6 is 0 Å². The van der Waals surface area contributed by atoms with Gasteiger partial charge in [0.05, 0.1) is 5.71 Å². The lowest BCUT2D eigenvalue weighted by Gasteiger charge is -2.19. The van der Waals surface area contributed by atoms with Gasteiger partial charge in [0.1, 0.15) is 11.8 Å². The largest absolute Gasteiger partial charge is 0.480 e. The SMILES string of the molecule is CC(C)(C)O/C(O)=C/N=C(c1ccccc1)c1ccccc1. The molecule has 0 unspecified atom stereocenters. The zero-order chi connectivity index (χ0) is 16.0. The molecule has 1 N–H and O–H groups in total. The molecule has 0 aliphatic rings. The predicted octanol–water partition coefficient (Wildman–Crippen LogP) is 4.70. The third-order valence-electron chi connectivity index (χ3n) is 2.81. The number of benzene rings is 2. The molecule has 114 valence electrons. The number of hydrogen-bond donors (Lipinski definition) is 1. The number of aliphatic hydroxyl groups is 1. The lowest BCUT2D eigenvalue weighted by molar-refractivity contribution is -0.0149. The van der Waals surface area contributed by atoms with Gasteiger partial charge < -0.3 is 9.84 Å².